The molecule has 0 bridgehead atoms. The van der Waals surface area contributed by atoms with Crippen LogP contribution in [0.25, 0.3) is 10.6 Å². The number of carbonyl (C=O) groups is 1. The summed E-state index contributed by atoms with van der Waals surface area (Å²) in [5, 5.41) is 0.754. The van der Waals surface area contributed by atoms with Gasteiger partial charge in [0.15, 0.2) is 0 Å². The Labute approximate surface area is 151 Å². The highest BCUT2D eigenvalue weighted by molar-refractivity contribution is 7.17. The van der Waals surface area contributed by atoms with Crippen molar-refractivity contribution in [2.45, 2.75) is 19.8 Å². The molecule has 0 aliphatic heterocycles. The molecule has 5 heteroatoms. The number of esters is 1. The zero-order valence-corrected chi connectivity index (χ0v) is 14.9. The van der Waals surface area contributed by atoms with Crippen LogP contribution < -0.4 is 5.73 Å². The molecule has 0 saturated carbocycles. The van der Waals surface area contributed by atoms with Crippen LogP contribution in [0.4, 0.5) is 5.69 Å². The van der Waals surface area contributed by atoms with Gasteiger partial charge in [-0.2, -0.15) is 0 Å². The van der Waals surface area contributed by atoms with Crippen molar-refractivity contribution in [1.29, 1.82) is 0 Å². The summed E-state index contributed by atoms with van der Waals surface area (Å²) in [6.07, 6.45) is 1.50. The lowest BCUT2D eigenvalue weighted by molar-refractivity contribution is 0.0530. The molecule has 128 valence electrons. The molecule has 2 N–H and O–H groups in total. The number of aryl methyl sites for hydroxylation is 2. The van der Waals surface area contributed by atoms with Crippen molar-refractivity contribution >= 4 is 23.0 Å². The Balaban J connectivity index is 1.92. The van der Waals surface area contributed by atoms with Crippen LogP contribution in [-0.4, -0.2) is 17.6 Å². The van der Waals surface area contributed by atoms with Crippen molar-refractivity contribution < 1.29 is 9.53 Å². The van der Waals surface area contributed by atoms with Crippen molar-refractivity contribution in [2.24, 2.45) is 0 Å². The molecule has 0 amide bonds. The van der Waals surface area contributed by atoms with E-state index in [9.17, 15) is 4.79 Å². The van der Waals surface area contributed by atoms with E-state index in [1.807, 2.05) is 42.5 Å². The predicted molar refractivity (Wildman–Crippen MR) is 102 cm³/mol. The molecular formula is C20H20N2O2S. The van der Waals surface area contributed by atoms with E-state index >= 15 is 0 Å². The fourth-order valence-corrected chi connectivity index (χ4v) is 3.64. The van der Waals surface area contributed by atoms with E-state index in [0.717, 1.165) is 22.7 Å². The quantitative estimate of drug-likeness (QED) is 0.529. The highest BCUT2D eigenvalue weighted by Gasteiger charge is 2.20. The molecule has 0 radical (unpaired) electrons. The fraction of sp³-hybridized carbons (Fsp3) is 0.200. The molecule has 1 aromatic heterocycles. The van der Waals surface area contributed by atoms with Gasteiger partial charge in [-0.25, -0.2) is 9.78 Å². The number of para-hydroxylation sites is 1. The van der Waals surface area contributed by atoms with Crippen LogP contribution in [0, 0.1) is 0 Å². The largest absolute Gasteiger partial charge is 0.462 e. The van der Waals surface area contributed by atoms with Crippen LogP contribution in [0.5, 0.6) is 0 Å². The SMILES string of the molecule is CCOC(=O)c1sc(-c2ccccc2N)nc1CCc1ccccc1. The molecule has 0 unspecified atom stereocenters. The van der Waals surface area contributed by atoms with Crippen LogP contribution >= 0.6 is 11.3 Å². The number of benzene rings is 2. The number of carbonyl (C=O) groups excluding carboxylic acids is 1. The first kappa shape index (κ1) is 17.2. The molecule has 0 atom stereocenters. The summed E-state index contributed by atoms with van der Waals surface area (Å²) in [7, 11) is 0. The molecule has 0 saturated heterocycles. The Morgan fingerprint density at radius 1 is 1.08 bits per heavy atom. The second kappa shape index (κ2) is 7.94. The van der Waals surface area contributed by atoms with Crippen LogP contribution in [-0.2, 0) is 17.6 Å². The van der Waals surface area contributed by atoms with Crippen LogP contribution in [0.3, 0.4) is 0 Å². The number of hydrogen-bond acceptors (Lipinski definition) is 5. The molecule has 25 heavy (non-hydrogen) atoms. The standard InChI is InChI=1S/C20H20N2O2S/c1-2-24-20(23)18-17(13-12-14-8-4-3-5-9-14)22-19(25-18)15-10-6-7-11-16(15)21/h3-11H,2,12-13,21H2,1H3. The highest BCUT2D eigenvalue weighted by atomic mass is 32.1. The first-order chi connectivity index (χ1) is 12.2. The summed E-state index contributed by atoms with van der Waals surface area (Å²) < 4.78 is 5.20. The summed E-state index contributed by atoms with van der Waals surface area (Å²) in [6.45, 7) is 2.15. The first-order valence-corrected chi connectivity index (χ1v) is 9.06. The third kappa shape index (κ3) is 4.06. The molecule has 2 aromatic carbocycles. The average molecular weight is 352 g/mol. The average Bonchev–Trinajstić information content (AvgIpc) is 3.05. The molecule has 4 nitrogen and oxygen atoms in total. The summed E-state index contributed by atoms with van der Waals surface area (Å²) in [5.74, 6) is -0.316. The maximum atomic E-state index is 12.3. The van der Waals surface area contributed by atoms with Crippen molar-refractivity contribution in [1.82, 2.24) is 4.98 Å². The predicted octanol–water partition coefficient (Wildman–Crippen LogP) is 4.35. The minimum Gasteiger partial charge on any atom is -0.462 e. The van der Waals surface area contributed by atoms with Gasteiger partial charge in [0.05, 0.1) is 12.3 Å². The molecule has 0 spiro atoms. The number of aromatic nitrogens is 1. The Bertz CT molecular complexity index is 859. The monoisotopic (exact) mass is 352 g/mol. The topological polar surface area (TPSA) is 65.2 Å². The first-order valence-electron chi connectivity index (χ1n) is 8.24. The van der Waals surface area contributed by atoms with E-state index in [0.29, 0.717) is 23.6 Å². The van der Waals surface area contributed by atoms with Crippen molar-refractivity contribution in [3.63, 3.8) is 0 Å². The van der Waals surface area contributed by atoms with Crippen molar-refractivity contribution in [3.05, 3.63) is 70.7 Å². The number of nitrogens with zero attached hydrogens (tertiary/aromatic N) is 1. The van der Waals surface area contributed by atoms with Gasteiger partial charge in [-0.1, -0.05) is 42.5 Å². The Morgan fingerprint density at radius 3 is 2.52 bits per heavy atom. The van der Waals surface area contributed by atoms with E-state index in [1.165, 1.54) is 16.9 Å². The zero-order valence-electron chi connectivity index (χ0n) is 14.1. The number of hydrogen-bond donors (Lipinski definition) is 1. The minimum absolute atomic E-state index is 0.316. The summed E-state index contributed by atoms with van der Waals surface area (Å²) >= 11 is 1.34. The van der Waals surface area contributed by atoms with Crippen molar-refractivity contribution in [2.75, 3.05) is 12.3 Å². The highest BCUT2D eigenvalue weighted by Crippen LogP contribution is 2.32. The number of rotatable bonds is 6. The Hall–Kier alpha value is -2.66. The van der Waals surface area contributed by atoms with Gasteiger partial charge in [0.2, 0.25) is 0 Å². The zero-order chi connectivity index (χ0) is 17.6. The Morgan fingerprint density at radius 2 is 1.80 bits per heavy atom. The summed E-state index contributed by atoms with van der Waals surface area (Å²) in [5.41, 5.74) is 9.55. The number of anilines is 1. The minimum atomic E-state index is -0.316. The number of nitrogen functional groups attached to an aromatic ring is 1. The number of thiazole rings is 1. The van der Waals surface area contributed by atoms with Gasteiger partial charge in [-0.3, -0.25) is 0 Å². The van der Waals surface area contributed by atoms with Gasteiger partial charge < -0.3 is 10.5 Å². The Kier molecular flexibility index (Phi) is 5.46. The molecule has 0 aliphatic carbocycles. The van der Waals surface area contributed by atoms with E-state index in [2.05, 4.69) is 12.1 Å². The fourth-order valence-electron chi connectivity index (χ4n) is 2.59. The van der Waals surface area contributed by atoms with Gasteiger partial charge in [0.25, 0.3) is 0 Å². The van der Waals surface area contributed by atoms with Gasteiger partial charge >= 0.3 is 5.97 Å². The van der Waals surface area contributed by atoms with Gasteiger partial charge in [0, 0.05) is 11.3 Å². The summed E-state index contributed by atoms with van der Waals surface area (Å²) in [4.78, 5) is 17.6. The second-order valence-electron chi connectivity index (χ2n) is 5.59. The third-order valence-corrected chi connectivity index (χ3v) is 4.95. The lowest BCUT2D eigenvalue weighted by Crippen LogP contribution is -2.06. The van der Waals surface area contributed by atoms with Crippen LogP contribution in [0.2, 0.25) is 0 Å². The smallest absolute Gasteiger partial charge is 0.350 e. The second-order valence-corrected chi connectivity index (χ2v) is 6.59. The van der Waals surface area contributed by atoms with E-state index in [-0.39, 0.29) is 5.97 Å². The lowest BCUT2D eigenvalue weighted by atomic mass is 10.1. The third-order valence-electron chi connectivity index (χ3n) is 3.84. The maximum absolute atomic E-state index is 12.3. The molecule has 0 fully saturated rings. The normalized spacial score (nSPS) is 10.6. The van der Waals surface area contributed by atoms with Gasteiger partial charge in [-0.05, 0) is 37.5 Å². The molecule has 3 aromatic rings. The molecular weight excluding hydrogens is 332 g/mol. The number of ether oxygens (including phenoxy) is 1. The van der Waals surface area contributed by atoms with E-state index < -0.39 is 0 Å². The maximum Gasteiger partial charge on any atom is 0.350 e. The van der Waals surface area contributed by atoms with Crippen molar-refractivity contribution in [3.8, 4) is 10.6 Å². The molecule has 0 aliphatic rings. The van der Waals surface area contributed by atoms with Crippen LogP contribution in [0.15, 0.2) is 54.6 Å². The van der Waals surface area contributed by atoms with Crippen LogP contribution in [0.1, 0.15) is 27.9 Å². The van der Waals surface area contributed by atoms with E-state index in [1.54, 1.807) is 6.92 Å². The van der Waals surface area contributed by atoms with Gasteiger partial charge in [0.1, 0.15) is 9.88 Å². The number of nitrogens with two attached hydrogens (primary N) is 1. The lowest BCUT2D eigenvalue weighted by Gasteiger charge is -2.03. The van der Waals surface area contributed by atoms with Gasteiger partial charge in [-0.15, -0.1) is 11.3 Å². The molecule has 3 rings (SSSR count). The van der Waals surface area contributed by atoms with E-state index in [4.69, 9.17) is 15.5 Å². The molecule has 1 heterocycles. The summed E-state index contributed by atoms with van der Waals surface area (Å²) in [6, 6.07) is 17.7.